The number of rotatable bonds is 5. The molecule has 0 aliphatic heterocycles. The molecule has 1 N–H and O–H groups in total. The Balaban J connectivity index is 2.45. The maximum absolute atomic E-state index is 11.8. The zero-order valence-corrected chi connectivity index (χ0v) is 12.4. The van der Waals surface area contributed by atoms with Crippen LogP contribution in [0.5, 0.6) is 0 Å². The third-order valence-corrected chi connectivity index (χ3v) is 3.53. The first-order valence-corrected chi connectivity index (χ1v) is 6.48. The van der Waals surface area contributed by atoms with Gasteiger partial charge in [0.25, 0.3) is 0 Å². The molecule has 0 aliphatic rings. The Morgan fingerprint density at radius 1 is 1.28 bits per heavy atom. The first-order chi connectivity index (χ1) is 8.31. The van der Waals surface area contributed by atoms with Crippen LogP contribution in [-0.2, 0) is 11.2 Å². The molecule has 1 aromatic carbocycles. The highest BCUT2D eigenvalue weighted by Gasteiger charge is 2.20. The van der Waals surface area contributed by atoms with Crippen LogP contribution in [0.4, 0.5) is 0 Å². The van der Waals surface area contributed by atoms with Gasteiger partial charge in [-0.05, 0) is 45.6 Å². The Morgan fingerprint density at radius 3 is 2.33 bits per heavy atom. The normalized spacial score (nSPS) is 11.7. The van der Waals surface area contributed by atoms with Crippen LogP contribution >= 0.6 is 12.6 Å². The van der Waals surface area contributed by atoms with Crippen molar-refractivity contribution >= 4 is 18.5 Å². The smallest absolute Gasteiger partial charge is 0.224 e. The molecule has 0 saturated heterocycles. The number of nitrogens with one attached hydrogen (secondary N) is 1. The number of likely N-dealkylation sites (N-methyl/N-ethyl adjacent to an activating group) is 1. The SMILES string of the molecule is CN(C)C(C)(C)CNC(=O)Cc1ccc(S)cc1. The van der Waals surface area contributed by atoms with E-state index in [1.54, 1.807) is 0 Å². The van der Waals surface area contributed by atoms with Crippen molar-refractivity contribution in [3.05, 3.63) is 29.8 Å². The van der Waals surface area contributed by atoms with Crippen molar-refractivity contribution in [3.63, 3.8) is 0 Å². The molecule has 0 spiro atoms. The minimum atomic E-state index is -0.0371. The Bertz CT molecular complexity index is 399. The fourth-order valence-corrected chi connectivity index (χ4v) is 1.48. The topological polar surface area (TPSA) is 32.3 Å². The maximum atomic E-state index is 11.8. The lowest BCUT2D eigenvalue weighted by molar-refractivity contribution is -0.120. The molecule has 100 valence electrons. The van der Waals surface area contributed by atoms with Gasteiger partial charge >= 0.3 is 0 Å². The number of hydrogen-bond acceptors (Lipinski definition) is 3. The molecule has 3 nitrogen and oxygen atoms in total. The van der Waals surface area contributed by atoms with Crippen LogP contribution in [0.25, 0.3) is 0 Å². The summed E-state index contributed by atoms with van der Waals surface area (Å²) >= 11 is 4.22. The molecular weight excluding hydrogens is 244 g/mol. The van der Waals surface area contributed by atoms with Crippen molar-refractivity contribution in [1.29, 1.82) is 0 Å². The average molecular weight is 266 g/mol. The Hall–Kier alpha value is -1.00. The van der Waals surface area contributed by atoms with Gasteiger partial charge in [-0.15, -0.1) is 12.6 Å². The molecule has 0 aromatic heterocycles. The summed E-state index contributed by atoms with van der Waals surface area (Å²) in [5, 5.41) is 2.97. The molecule has 0 bridgehead atoms. The zero-order valence-electron chi connectivity index (χ0n) is 11.5. The summed E-state index contributed by atoms with van der Waals surface area (Å²) < 4.78 is 0. The molecule has 18 heavy (non-hydrogen) atoms. The Kier molecular flexibility index (Phi) is 5.23. The predicted molar refractivity (Wildman–Crippen MR) is 78.2 cm³/mol. The molecular formula is C14H22N2OS. The molecule has 1 aromatic rings. The quantitative estimate of drug-likeness (QED) is 0.799. The van der Waals surface area contributed by atoms with E-state index in [0.29, 0.717) is 13.0 Å². The van der Waals surface area contributed by atoms with Crippen LogP contribution < -0.4 is 5.32 Å². The van der Waals surface area contributed by atoms with Gasteiger partial charge in [0, 0.05) is 17.0 Å². The lowest BCUT2D eigenvalue weighted by atomic mass is 10.0. The first-order valence-electron chi connectivity index (χ1n) is 6.03. The van der Waals surface area contributed by atoms with Gasteiger partial charge in [0.05, 0.1) is 6.42 Å². The molecule has 0 atom stereocenters. The van der Waals surface area contributed by atoms with Crippen molar-refractivity contribution in [2.24, 2.45) is 0 Å². The van der Waals surface area contributed by atoms with Gasteiger partial charge in [-0.2, -0.15) is 0 Å². The number of carbonyl (C=O) groups is 1. The van der Waals surface area contributed by atoms with Crippen molar-refractivity contribution < 1.29 is 4.79 Å². The number of hydrogen-bond donors (Lipinski definition) is 2. The largest absolute Gasteiger partial charge is 0.354 e. The van der Waals surface area contributed by atoms with Crippen molar-refractivity contribution in [1.82, 2.24) is 10.2 Å². The van der Waals surface area contributed by atoms with Gasteiger partial charge in [0.1, 0.15) is 0 Å². The van der Waals surface area contributed by atoms with E-state index in [-0.39, 0.29) is 11.4 Å². The summed E-state index contributed by atoms with van der Waals surface area (Å²) in [6.07, 6.45) is 0.414. The molecule has 0 heterocycles. The van der Waals surface area contributed by atoms with Gasteiger partial charge in [-0.1, -0.05) is 12.1 Å². The lowest BCUT2D eigenvalue weighted by Gasteiger charge is -2.32. The third-order valence-electron chi connectivity index (χ3n) is 3.23. The second-order valence-electron chi connectivity index (χ2n) is 5.33. The lowest BCUT2D eigenvalue weighted by Crippen LogP contribution is -2.48. The standard InChI is InChI=1S/C14H22N2OS/c1-14(2,16(3)4)10-15-13(17)9-11-5-7-12(18)8-6-11/h5-8,18H,9-10H2,1-4H3,(H,15,17). The molecule has 1 amide bonds. The summed E-state index contributed by atoms with van der Waals surface area (Å²) in [4.78, 5) is 14.8. The van der Waals surface area contributed by atoms with Crippen molar-refractivity contribution in [2.75, 3.05) is 20.6 Å². The number of thiol groups is 1. The third kappa shape index (κ3) is 4.70. The second kappa shape index (κ2) is 6.25. The fourth-order valence-electron chi connectivity index (χ4n) is 1.33. The van der Waals surface area contributed by atoms with Gasteiger partial charge < -0.3 is 10.2 Å². The number of nitrogens with zero attached hydrogens (tertiary/aromatic N) is 1. The van der Waals surface area contributed by atoms with Crippen LogP contribution in [0.15, 0.2) is 29.2 Å². The van der Waals surface area contributed by atoms with Gasteiger partial charge in [0.2, 0.25) is 5.91 Å². The fraction of sp³-hybridized carbons (Fsp3) is 0.500. The summed E-state index contributed by atoms with van der Waals surface area (Å²) in [7, 11) is 4.02. The van der Waals surface area contributed by atoms with E-state index < -0.39 is 0 Å². The van der Waals surface area contributed by atoms with E-state index >= 15 is 0 Å². The van der Waals surface area contributed by atoms with E-state index in [1.165, 1.54) is 0 Å². The summed E-state index contributed by atoms with van der Waals surface area (Å²) in [6, 6.07) is 7.66. The molecule has 0 fully saturated rings. The molecule has 0 radical (unpaired) electrons. The van der Waals surface area contributed by atoms with E-state index in [4.69, 9.17) is 0 Å². The van der Waals surface area contributed by atoms with Gasteiger partial charge in [-0.3, -0.25) is 4.79 Å². The van der Waals surface area contributed by atoms with Crippen LogP contribution in [0.3, 0.4) is 0 Å². The van der Waals surface area contributed by atoms with Crippen LogP contribution in [-0.4, -0.2) is 37.0 Å². The summed E-state index contributed by atoms with van der Waals surface area (Å²) in [5.41, 5.74) is 0.970. The summed E-state index contributed by atoms with van der Waals surface area (Å²) in [5.74, 6) is 0.0526. The highest BCUT2D eigenvalue weighted by atomic mass is 32.1. The minimum absolute atomic E-state index is 0.0371. The number of benzene rings is 1. The zero-order chi connectivity index (χ0) is 13.8. The summed E-state index contributed by atoms with van der Waals surface area (Å²) in [6.45, 7) is 4.84. The van der Waals surface area contributed by atoms with Gasteiger partial charge in [0.15, 0.2) is 0 Å². The second-order valence-corrected chi connectivity index (χ2v) is 5.84. The molecule has 1 rings (SSSR count). The maximum Gasteiger partial charge on any atom is 0.224 e. The molecule has 0 saturated carbocycles. The minimum Gasteiger partial charge on any atom is -0.354 e. The molecule has 0 aliphatic carbocycles. The number of amides is 1. The molecule has 0 unspecified atom stereocenters. The van der Waals surface area contributed by atoms with Crippen LogP contribution in [0.2, 0.25) is 0 Å². The van der Waals surface area contributed by atoms with Crippen LogP contribution in [0, 0.1) is 0 Å². The van der Waals surface area contributed by atoms with Gasteiger partial charge in [-0.25, -0.2) is 0 Å². The Labute approximate surface area is 115 Å². The highest BCUT2D eigenvalue weighted by molar-refractivity contribution is 7.80. The predicted octanol–water partition coefficient (Wildman–Crippen LogP) is 1.97. The average Bonchev–Trinajstić information content (AvgIpc) is 2.29. The van der Waals surface area contributed by atoms with Crippen molar-refractivity contribution in [3.8, 4) is 0 Å². The van der Waals surface area contributed by atoms with E-state index in [2.05, 4.69) is 36.7 Å². The first kappa shape index (κ1) is 15.1. The molecule has 4 heteroatoms. The van der Waals surface area contributed by atoms with E-state index in [9.17, 15) is 4.79 Å². The van der Waals surface area contributed by atoms with Crippen molar-refractivity contribution in [2.45, 2.75) is 30.7 Å². The van der Waals surface area contributed by atoms with E-state index in [1.807, 2.05) is 38.4 Å². The monoisotopic (exact) mass is 266 g/mol. The highest BCUT2D eigenvalue weighted by Crippen LogP contribution is 2.10. The van der Waals surface area contributed by atoms with E-state index in [0.717, 1.165) is 10.5 Å². The van der Waals surface area contributed by atoms with Crippen LogP contribution in [0.1, 0.15) is 19.4 Å². The Morgan fingerprint density at radius 2 is 1.83 bits per heavy atom. The number of carbonyl (C=O) groups excluding carboxylic acids is 1.